The Balaban J connectivity index is 2.22. The molecule has 1 atom stereocenters. The highest BCUT2D eigenvalue weighted by atomic mass is 15.3. The van der Waals surface area contributed by atoms with Crippen LogP contribution in [0.15, 0.2) is 30.6 Å². The molecular weight excluding hydrogens is 248 g/mol. The lowest BCUT2D eigenvalue weighted by Gasteiger charge is -2.19. The highest BCUT2D eigenvalue weighted by Gasteiger charge is 2.16. The molecule has 0 aliphatic carbocycles. The van der Waals surface area contributed by atoms with Gasteiger partial charge in [-0.1, -0.05) is 6.92 Å². The average Bonchev–Trinajstić information content (AvgIpc) is 2.85. The molecule has 2 aromatic rings. The van der Waals surface area contributed by atoms with E-state index in [0.29, 0.717) is 6.04 Å². The molecule has 0 saturated heterocycles. The van der Waals surface area contributed by atoms with Crippen molar-refractivity contribution in [2.45, 2.75) is 46.2 Å². The first-order chi connectivity index (χ1) is 9.74. The second kappa shape index (κ2) is 7.20. The van der Waals surface area contributed by atoms with Crippen molar-refractivity contribution >= 4 is 0 Å². The van der Waals surface area contributed by atoms with Crippen LogP contribution in [0.25, 0.3) is 0 Å². The standard InChI is InChI=1S/C16H24N4/c1-4-8-18-15(12-14-6-9-17-10-7-14)16-11-13(3)19-20(16)5-2/h6-7,9-11,15,18H,4-5,8,12H2,1-3H3. The molecule has 0 fully saturated rings. The number of nitrogens with one attached hydrogen (secondary N) is 1. The Kier molecular flexibility index (Phi) is 5.30. The second-order valence-corrected chi connectivity index (χ2v) is 5.09. The molecule has 4 nitrogen and oxygen atoms in total. The lowest BCUT2D eigenvalue weighted by molar-refractivity contribution is 0.478. The van der Waals surface area contributed by atoms with Crippen molar-refractivity contribution in [2.24, 2.45) is 0 Å². The van der Waals surface area contributed by atoms with Crippen molar-refractivity contribution in [2.75, 3.05) is 6.54 Å². The molecule has 0 aliphatic heterocycles. The van der Waals surface area contributed by atoms with Crippen LogP contribution in [0, 0.1) is 6.92 Å². The molecule has 1 unspecified atom stereocenters. The van der Waals surface area contributed by atoms with Crippen molar-refractivity contribution in [1.29, 1.82) is 0 Å². The molecule has 0 amide bonds. The van der Waals surface area contributed by atoms with E-state index in [4.69, 9.17) is 0 Å². The first kappa shape index (κ1) is 14.7. The Morgan fingerprint density at radius 1 is 1.25 bits per heavy atom. The Bertz CT molecular complexity index is 519. The zero-order chi connectivity index (χ0) is 14.4. The number of rotatable bonds is 7. The van der Waals surface area contributed by atoms with Crippen LogP contribution in [0.1, 0.15) is 43.3 Å². The van der Waals surface area contributed by atoms with Gasteiger partial charge in [0, 0.05) is 18.9 Å². The van der Waals surface area contributed by atoms with E-state index in [1.807, 2.05) is 12.4 Å². The van der Waals surface area contributed by atoms with E-state index in [1.165, 1.54) is 11.3 Å². The second-order valence-electron chi connectivity index (χ2n) is 5.09. The van der Waals surface area contributed by atoms with Crippen LogP contribution in [-0.4, -0.2) is 21.3 Å². The summed E-state index contributed by atoms with van der Waals surface area (Å²) in [4.78, 5) is 4.09. The van der Waals surface area contributed by atoms with Gasteiger partial charge in [0.05, 0.1) is 17.4 Å². The van der Waals surface area contributed by atoms with Gasteiger partial charge >= 0.3 is 0 Å². The van der Waals surface area contributed by atoms with Crippen molar-refractivity contribution < 1.29 is 0 Å². The molecule has 20 heavy (non-hydrogen) atoms. The van der Waals surface area contributed by atoms with E-state index < -0.39 is 0 Å². The van der Waals surface area contributed by atoms with Gasteiger partial charge in [-0.2, -0.15) is 5.10 Å². The third-order valence-corrected chi connectivity index (χ3v) is 3.42. The largest absolute Gasteiger partial charge is 0.308 e. The third-order valence-electron chi connectivity index (χ3n) is 3.42. The van der Waals surface area contributed by atoms with Crippen LogP contribution in [-0.2, 0) is 13.0 Å². The molecule has 0 spiro atoms. The molecule has 0 saturated carbocycles. The molecule has 2 aromatic heterocycles. The number of hydrogen-bond acceptors (Lipinski definition) is 3. The molecule has 2 heterocycles. The van der Waals surface area contributed by atoms with E-state index in [2.05, 4.69) is 59.1 Å². The minimum absolute atomic E-state index is 0.304. The summed E-state index contributed by atoms with van der Waals surface area (Å²) in [5, 5.41) is 8.21. The summed E-state index contributed by atoms with van der Waals surface area (Å²) < 4.78 is 2.10. The van der Waals surface area contributed by atoms with Gasteiger partial charge in [0.15, 0.2) is 0 Å². The van der Waals surface area contributed by atoms with Crippen LogP contribution in [0.5, 0.6) is 0 Å². The van der Waals surface area contributed by atoms with E-state index in [1.54, 1.807) is 0 Å². The Hall–Kier alpha value is -1.68. The van der Waals surface area contributed by atoms with Gasteiger partial charge in [-0.3, -0.25) is 9.67 Å². The maximum atomic E-state index is 4.56. The van der Waals surface area contributed by atoms with E-state index in [9.17, 15) is 0 Å². The highest BCUT2D eigenvalue weighted by molar-refractivity contribution is 5.19. The van der Waals surface area contributed by atoms with E-state index in [0.717, 1.165) is 31.6 Å². The fourth-order valence-electron chi connectivity index (χ4n) is 2.45. The highest BCUT2D eigenvalue weighted by Crippen LogP contribution is 2.19. The number of aryl methyl sites for hydroxylation is 2. The summed E-state index contributed by atoms with van der Waals surface area (Å²) in [6.07, 6.45) is 5.81. The molecule has 0 aromatic carbocycles. The minimum Gasteiger partial charge on any atom is -0.308 e. The van der Waals surface area contributed by atoms with Gasteiger partial charge < -0.3 is 5.32 Å². The normalized spacial score (nSPS) is 12.6. The van der Waals surface area contributed by atoms with E-state index in [-0.39, 0.29) is 0 Å². The summed E-state index contributed by atoms with van der Waals surface area (Å²) in [7, 11) is 0. The van der Waals surface area contributed by atoms with Gasteiger partial charge in [-0.05, 0) is 57.0 Å². The Labute approximate surface area is 121 Å². The summed E-state index contributed by atoms with van der Waals surface area (Å²) in [5.74, 6) is 0. The molecular formula is C16H24N4. The fourth-order valence-corrected chi connectivity index (χ4v) is 2.45. The number of pyridine rings is 1. The Morgan fingerprint density at radius 2 is 2.00 bits per heavy atom. The minimum atomic E-state index is 0.304. The smallest absolute Gasteiger partial charge is 0.0597 e. The van der Waals surface area contributed by atoms with Crippen LogP contribution in [0.2, 0.25) is 0 Å². The topological polar surface area (TPSA) is 42.7 Å². The zero-order valence-electron chi connectivity index (χ0n) is 12.6. The summed E-state index contributed by atoms with van der Waals surface area (Å²) >= 11 is 0. The molecule has 1 N–H and O–H groups in total. The van der Waals surface area contributed by atoms with Gasteiger partial charge in [-0.25, -0.2) is 0 Å². The maximum Gasteiger partial charge on any atom is 0.0597 e. The predicted molar refractivity (Wildman–Crippen MR) is 81.6 cm³/mol. The molecule has 2 rings (SSSR count). The van der Waals surface area contributed by atoms with Crippen molar-refractivity contribution in [1.82, 2.24) is 20.1 Å². The van der Waals surface area contributed by atoms with Crippen molar-refractivity contribution in [3.63, 3.8) is 0 Å². The first-order valence-corrected chi connectivity index (χ1v) is 7.41. The average molecular weight is 272 g/mol. The molecule has 0 bridgehead atoms. The SMILES string of the molecule is CCCNC(Cc1ccncc1)c1cc(C)nn1CC. The number of aromatic nitrogens is 3. The van der Waals surface area contributed by atoms with Crippen molar-refractivity contribution in [3.05, 3.63) is 47.5 Å². The predicted octanol–water partition coefficient (Wildman–Crippen LogP) is 2.89. The molecule has 4 heteroatoms. The zero-order valence-corrected chi connectivity index (χ0v) is 12.6. The Morgan fingerprint density at radius 3 is 2.65 bits per heavy atom. The monoisotopic (exact) mass is 272 g/mol. The lowest BCUT2D eigenvalue weighted by atomic mass is 10.0. The number of nitrogens with zero attached hydrogens (tertiary/aromatic N) is 3. The summed E-state index contributed by atoms with van der Waals surface area (Å²) in [5.41, 5.74) is 3.66. The van der Waals surface area contributed by atoms with Crippen molar-refractivity contribution in [3.8, 4) is 0 Å². The van der Waals surface area contributed by atoms with Crippen LogP contribution >= 0.6 is 0 Å². The first-order valence-electron chi connectivity index (χ1n) is 7.41. The summed E-state index contributed by atoms with van der Waals surface area (Å²) in [6.45, 7) is 8.31. The maximum absolute atomic E-state index is 4.56. The van der Waals surface area contributed by atoms with Crippen LogP contribution < -0.4 is 5.32 Å². The van der Waals surface area contributed by atoms with E-state index >= 15 is 0 Å². The fraction of sp³-hybridized carbons (Fsp3) is 0.500. The van der Waals surface area contributed by atoms with Gasteiger partial charge in [0.25, 0.3) is 0 Å². The quantitative estimate of drug-likeness (QED) is 0.842. The number of hydrogen-bond donors (Lipinski definition) is 1. The summed E-state index contributed by atoms with van der Waals surface area (Å²) in [6, 6.07) is 6.66. The molecule has 0 radical (unpaired) electrons. The van der Waals surface area contributed by atoms with Crippen LogP contribution in [0.3, 0.4) is 0 Å². The van der Waals surface area contributed by atoms with Gasteiger partial charge in [-0.15, -0.1) is 0 Å². The van der Waals surface area contributed by atoms with Crippen LogP contribution in [0.4, 0.5) is 0 Å². The third kappa shape index (κ3) is 3.67. The lowest BCUT2D eigenvalue weighted by Crippen LogP contribution is -2.26. The van der Waals surface area contributed by atoms with Gasteiger partial charge in [0.2, 0.25) is 0 Å². The molecule has 0 aliphatic rings. The van der Waals surface area contributed by atoms with Gasteiger partial charge in [0.1, 0.15) is 0 Å². The molecule has 108 valence electrons.